The Morgan fingerprint density at radius 1 is 1.60 bits per heavy atom. The number of aliphatic hydroxyl groups excluding tert-OH is 1. The van der Waals surface area contributed by atoms with Gasteiger partial charge < -0.3 is 15.2 Å². The Hall–Kier alpha value is -0.380. The van der Waals surface area contributed by atoms with E-state index in [1.54, 1.807) is 7.11 Å². The van der Waals surface area contributed by atoms with E-state index in [4.69, 9.17) is 9.84 Å². The van der Waals surface area contributed by atoms with E-state index in [-0.39, 0.29) is 12.1 Å². The van der Waals surface area contributed by atoms with Crippen LogP contribution in [0.4, 0.5) is 0 Å². The molecule has 0 aromatic heterocycles. The minimum Gasteiger partial charge on any atom is -0.396 e. The van der Waals surface area contributed by atoms with Gasteiger partial charge in [-0.25, -0.2) is 0 Å². The average Bonchev–Trinajstić information content (AvgIpc) is 2.19. The predicted molar refractivity (Wildman–Crippen MR) is 61.9 cm³/mol. The second-order valence-electron chi connectivity index (χ2n) is 4.58. The molecule has 0 saturated carbocycles. The molecule has 15 heavy (non-hydrogen) atoms. The molecule has 1 rings (SSSR count). The zero-order valence-electron chi connectivity index (χ0n) is 9.83. The molecule has 0 saturated heterocycles. The summed E-state index contributed by atoms with van der Waals surface area (Å²) in [6.07, 6.45) is 8.81. The molecule has 88 valence electrons. The van der Waals surface area contributed by atoms with E-state index >= 15 is 0 Å². The lowest BCUT2D eigenvalue weighted by molar-refractivity contribution is 0.0923. The highest BCUT2D eigenvalue weighted by Crippen LogP contribution is 2.16. The van der Waals surface area contributed by atoms with Crippen molar-refractivity contribution < 1.29 is 9.84 Å². The van der Waals surface area contributed by atoms with Crippen LogP contribution >= 0.6 is 0 Å². The number of methoxy groups -OCH3 is 1. The fraction of sp³-hybridized carbons (Fsp3) is 0.833. The second kappa shape index (κ2) is 6.26. The van der Waals surface area contributed by atoms with Crippen LogP contribution in [0.1, 0.15) is 32.6 Å². The molecule has 0 amide bonds. The first-order valence-corrected chi connectivity index (χ1v) is 5.74. The molecule has 2 N–H and O–H groups in total. The summed E-state index contributed by atoms with van der Waals surface area (Å²) in [4.78, 5) is 0. The lowest BCUT2D eigenvalue weighted by atomic mass is 9.94. The van der Waals surface area contributed by atoms with Gasteiger partial charge in [0.2, 0.25) is 0 Å². The van der Waals surface area contributed by atoms with E-state index in [1.807, 2.05) is 0 Å². The van der Waals surface area contributed by atoms with Gasteiger partial charge in [0.1, 0.15) is 0 Å². The Morgan fingerprint density at radius 2 is 2.40 bits per heavy atom. The minimum atomic E-state index is -0.115. The van der Waals surface area contributed by atoms with Crippen LogP contribution in [0.15, 0.2) is 12.2 Å². The van der Waals surface area contributed by atoms with Crippen LogP contribution in [0.2, 0.25) is 0 Å². The van der Waals surface area contributed by atoms with E-state index in [0.717, 1.165) is 6.42 Å². The molecule has 0 radical (unpaired) electrons. The number of hydrogen-bond acceptors (Lipinski definition) is 3. The monoisotopic (exact) mass is 213 g/mol. The van der Waals surface area contributed by atoms with Crippen molar-refractivity contribution in [1.82, 2.24) is 5.32 Å². The van der Waals surface area contributed by atoms with E-state index in [1.165, 1.54) is 19.3 Å². The van der Waals surface area contributed by atoms with E-state index in [9.17, 15) is 0 Å². The van der Waals surface area contributed by atoms with Crippen LogP contribution in [0, 0.1) is 0 Å². The molecule has 0 aromatic carbocycles. The maximum Gasteiger partial charge on any atom is 0.0642 e. The van der Waals surface area contributed by atoms with Gasteiger partial charge in [-0.1, -0.05) is 12.2 Å². The molecule has 0 fully saturated rings. The third kappa shape index (κ3) is 4.33. The quantitative estimate of drug-likeness (QED) is 0.657. The van der Waals surface area contributed by atoms with Gasteiger partial charge in [-0.3, -0.25) is 0 Å². The van der Waals surface area contributed by atoms with Gasteiger partial charge in [-0.05, 0) is 32.6 Å². The molecular weight excluding hydrogens is 190 g/mol. The normalized spacial score (nSPS) is 25.1. The van der Waals surface area contributed by atoms with Crippen LogP contribution in [-0.2, 0) is 4.74 Å². The van der Waals surface area contributed by atoms with Crippen LogP contribution in [0.25, 0.3) is 0 Å². The molecule has 1 aliphatic carbocycles. The molecule has 0 bridgehead atoms. The summed E-state index contributed by atoms with van der Waals surface area (Å²) < 4.78 is 5.20. The highest BCUT2D eigenvalue weighted by molar-refractivity contribution is 5.01. The van der Waals surface area contributed by atoms with Gasteiger partial charge in [-0.2, -0.15) is 0 Å². The number of aliphatic hydroxyl groups is 1. The van der Waals surface area contributed by atoms with Crippen LogP contribution in [0.5, 0.6) is 0 Å². The SMILES string of the molecule is COC[C@@](C)(CCO)N[C@@H]1C=CCCC1. The van der Waals surface area contributed by atoms with Crippen molar-refractivity contribution in [1.29, 1.82) is 0 Å². The Labute approximate surface area is 92.5 Å². The van der Waals surface area contributed by atoms with Gasteiger partial charge >= 0.3 is 0 Å². The standard InChI is InChI=1S/C12H23NO2/c1-12(8-9-14,10-15-2)13-11-6-4-3-5-7-11/h4,6,11,13-14H,3,5,7-10H2,1-2H3/t11-,12-/m1/s1. The largest absolute Gasteiger partial charge is 0.396 e. The fourth-order valence-corrected chi connectivity index (χ4v) is 2.13. The van der Waals surface area contributed by atoms with E-state index < -0.39 is 0 Å². The lowest BCUT2D eigenvalue weighted by Crippen LogP contribution is -2.51. The van der Waals surface area contributed by atoms with Gasteiger partial charge in [-0.15, -0.1) is 0 Å². The van der Waals surface area contributed by atoms with E-state index in [2.05, 4.69) is 24.4 Å². The van der Waals surface area contributed by atoms with Crippen molar-refractivity contribution in [3.63, 3.8) is 0 Å². The lowest BCUT2D eigenvalue weighted by Gasteiger charge is -2.34. The maximum absolute atomic E-state index is 9.04. The molecule has 0 spiro atoms. The summed E-state index contributed by atoms with van der Waals surface area (Å²) in [7, 11) is 1.70. The number of nitrogens with one attached hydrogen (secondary N) is 1. The zero-order valence-corrected chi connectivity index (χ0v) is 9.83. The van der Waals surface area contributed by atoms with Crippen molar-refractivity contribution in [2.75, 3.05) is 20.3 Å². The smallest absolute Gasteiger partial charge is 0.0642 e. The van der Waals surface area contributed by atoms with Crippen molar-refractivity contribution in [2.45, 2.75) is 44.2 Å². The van der Waals surface area contributed by atoms with Crippen molar-refractivity contribution >= 4 is 0 Å². The first-order valence-electron chi connectivity index (χ1n) is 5.74. The maximum atomic E-state index is 9.04. The van der Waals surface area contributed by atoms with E-state index in [0.29, 0.717) is 12.6 Å². The van der Waals surface area contributed by atoms with Gasteiger partial charge in [0.05, 0.1) is 6.61 Å². The Morgan fingerprint density at radius 3 is 2.93 bits per heavy atom. The van der Waals surface area contributed by atoms with Crippen molar-refractivity contribution in [3.8, 4) is 0 Å². The first-order chi connectivity index (χ1) is 7.20. The molecule has 0 heterocycles. The summed E-state index contributed by atoms with van der Waals surface area (Å²) in [5.41, 5.74) is -0.115. The third-order valence-corrected chi connectivity index (χ3v) is 2.91. The highest BCUT2D eigenvalue weighted by Gasteiger charge is 2.26. The zero-order chi connectivity index (χ0) is 11.1. The van der Waals surface area contributed by atoms with Gasteiger partial charge in [0.25, 0.3) is 0 Å². The Bertz CT molecular complexity index is 198. The Kier molecular flexibility index (Phi) is 5.29. The second-order valence-corrected chi connectivity index (χ2v) is 4.58. The summed E-state index contributed by atoms with van der Waals surface area (Å²) >= 11 is 0. The molecule has 2 atom stereocenters. The molecule has 1 aliphatic rings. The molecule has 0 aromatic rings. The topological polar surface area (TPSA) is 41.5 Å². The van der Waals surface area contributed by atoms with Crippen LogP contribution in [0.3, 0.4) is 0 Å². The number of ether oxygens (including phenoxy) is 1. The van der Waals surface area contributed by atoms with Crippen LogP contribution in [-0.4, -0.2) is 37.0 Å². The average molecular weight is 213 g/mol. The minimum absolute atomic E-state index is 0.115. The first kappa shape index (κ1) is 12.7. The van der Waals surface area contributed by atoms with Crippen LogP contribution < -0.4 is 5.32 Å². The number of hydrogen-bond donors (Lipinski definition) is 2. The summed E-state index contributed by atoms with van der Waals surface area (Å²) in [6, 6.07) is 0.436. The third-order valence-electron chi connectivity index (χ3n) is 2.91. The molecular formula is C12H23NO2. The molecule has 3 nitrogen and oxygen atoms in total. The van der Waals surface area contributed by atoms with Crippen molar-refractivity contribution in [3.05, 3.63) is 12.2 Å². The number of rotatable bonds is 6. The summed E-state index contributed by atoms with van der Waals surface area (Å²) in [5.74, 6) is 0. The van der Waals surface area contributed by atoms with Gasteiger partial charge in [0.15, 0.2) is 0 Å². The molecule has 0 unspecified atom stereocenters. The highest BCUT2D eigenvalue weighted by atomic mass is 16.5. The summed E-state index contributed by atoms with van der Waals surface area (Å²) in [6.45, 7) is 2.94. The fourth-order valence-electron chi connectivity index (χ4n) is 2.13. The number of allylic oxidation sites excluding steroid dienone is 1. The van der Waals surface area contributed by atoms with Gasteiger partial charge in [0, 0.05) is 25.3 Å². The molecule has 0 aliphatic heterocycles. The Balaban J connectivity index is 2.48. The molecule has 3 heteroatoms. The van der Waals surface area contributed by atoms with Crippen molar-refractivity contribution in [2.24, 2.45) is 0 Å². The predicted octanol–water partition coefficient (Wildman–Crippen LogP) is 1.47. The summed E-state index contributed by atoms with van der Waals surface area (Å²) in [5, 5.41) is 12.6.